The minimum atomic E-state index is -0.792. The number of hydrogen-bond acceptors (Lipinski definition) is 12. The summed E-state index contributed by atoms with van der Waals surface area (Å²) in [6, 6.07) is 12.8. The Hall–Kier alpha value is -4.32. The number of nitrogens with one attached hydrogen (secondary N) is 2. The number of ether oxygens (including phenoxy) is 4. The lowest BCUT2D eigenvalue weighted by Crippen LogP contribution is -2.62. The highest BCUT2D eigenvalue weighted by Crippen LogP contribution is 2.29. The van der Waals surface area contributed by atoms with E-state index >= 15 is 0 Å². The number of nitrogens with zero attached hydrogens (tertiary/aromatic N) is 4. The van der Waals surface area contributed by atoms with Gasteiger partial charge in [0.1, 0.15) is 35.8 Å². The van der Waals surface area contributed by atoms with Crippen LogP contribution < -0.4 is 20.1 Å². The van der Waals surface area contributed by atoms with Crippen LogP contribution in [0.2, 0.25) is 0 Å². The third-order valence-electron chi connectivity index (χ3n) is 13.2. The number of benzene rings is 2. The molecule has 340 valence electrons. The summed E-state index contributed by atoms with van der Waals surface area (Å²) in [7, 11) is 0. The van der Waals surface area contributed by atoms with Crippen LogP contribution in [0, 0.1) is 0 Å². The Kier molecular flexibility index (Phi) is 15.4. The number of carbonyl (C=O) groups is 4. The monoisotopic (exact) mass is 862 g/mol. The number of para-hydroxylation sites is 2. The number of rotatable bonds is 2. The molecule has 0 spiro atoms. The van der Waals surface area contributed by atoms with E-state index in [-0.39, 0.29) is 74.2 Å². The average molecular weight is 863 g/mol. The lowest BCUT2D eigenvalue weighted by atomic mass is 9.99. The molecule has 8 atom stereocenters. The second kappa shape index (κ2) is 20.9. The molecule has 5 aliphatic heterocycles. The molecule has 4 bridgehead atoms. The van der Waals surface area contributed by atoms with Gasteiger partial charge in [-0.05, 0) is 77.6 Å². The lowest BCUT2D eigenvalue weighted by Gasteiger charge is -2.42. The summed E-state index contributed by atoms with van der Waals surface area (Å²) >= 11 is 0. The maximum absolute atomic E-state index is 14.4. The maximum atomic E-state index is 14.4. The van der Waals surface area contributed by atoms with Gasteiger partial charge in [-0.3, -0.25) is 29.0 Å². The topological polar surface area (TPSA) is 183 Å². The van der Waals surface area contributed by atoms with Gasteiger partial charge in [0, 0.05) is 77.3 Å². The highest BCUT2D eigenvalue weighted by molar-refractivity contribution is 6.00. The molecule has 4 fully saturated rings. The predicted molar refractivity (Wildman–Crippen MR) is 230 cm³/mol. The zero-order valence-electron chi connectivity index (χ0n) is 36.7. The summed E-state index contributed by atoms with van der Waals surface area (Å²) in [5.41, 5.74) is 0.698. The van der Waals surface area contributed by atoms with Crippen LogP contribution in [0.1, 0.15) is 86.9 Å². The first-order chi connectivity index (χ1) is 29.9. The van der Waals surface area contributed by atoms with Gasteiger partial charge in [-0.1, -0.05) is 24.3 Å². The van der Waals surface area contributed by atoms with Crippen LogP contribution in [0.4, 0.5) is 0 Å². The van der Waals surface area contributed by atoms with Crippen LogP contribution >= 0.6 is 0 Å². The Balaban J connectivity index is 1.13. The summed E-state index contributed by atoms with van der Waals surface area (Å²) in [6.07, 6.45) is -0.365. The zero-order valence-corrected chi connectivity index (χ0v) is 36.7. The van der Waals surface area contributed by atoms with E-state index in [1.54, 1.807) is 58.3 Å². The largest absolute Gasteiger partial charge is 0.493 e. The Morgan fingerprint density at radius 2 is 0.968 bits per heavy atom. The SMILES string of the molecule is CC(C)N1CCN2C(=O)c3ccccc3OCC[C@@H]3CC[C@H](O)[C@@H](CNC(=O)[C@@H]4CN(C(C)C)CCN4C(=O)c4ccccc4OCC[C@@H]4CC[C@H](O)[C@@H](CNC(=O)[C@@H]2C1)O4)O3. The molecule has 2 aromatic carbocycles. The van der Waals surface area contributed by atoms with Crippen molar-refractivity contribution in [2.45, 2.75) is 127 Å². The summed E-state index contributed by atoms with van der Waals surface area (Å²) < 4.78 is 25.2. The Morgan fingerprint density at radius 1 is 0.565 bits per heavy atom. The molecule has 2 aromatic rings. The van der Waals surface area contributed by atoms with Crippen molar-refractivity contribution in [3.63, 3.8) is 0 Å². The molecule has 16 nitrogen and oxygen atoms in total. The number of carbonyl (C=O) groups excluding carboxylic acids is 4. The van der Waals surface area contributed by atoms with Gasteiger partial charge in [-0.15, -0.1) is 0 Å². The molecule has 4 N–H and O–H groups in total. The first-order valence-corrected chi connectivity index (χ1v) is 22.6. The molecule has 0 radical (unpaired) electrons. The summed E-state index contributed by atoms with van der Waals surface area (Å²) in [6.45, 7) is 11.4. The van der Waals surface area contributed by atoms with Crippen molar-refractivity contribution in [1.29, 1.82) is 0 Å². The number of aliphatic hydroxyl groups is 2. The number of aliphatic hydroxyl groups excluding tert-OH is 2. The molecule has 62 heavy (non-hydrogen) atoms. The van der Waals surface area contributed by atoms with Gasteiger partial charge in [-0.25, -0.2) is 0 Å². The number of fused-ring (bicyclic) bond motifs is 8. The van der Waals surface area contributed by atoms with E-state index in [9.17, 15) is 29.4 Å². The van der Waals surface area contributed by atoms with Crippen molar-refractivity contribution >= 4 is 23.6 Å². The minimum absolute atomic E-state index is 0.0640. The zero-order chi connectivity index (χ0) is 43.9. The molecule has 5 heterocycles. The molecule has 16 heteroatoms. The van der Waals surface area contributed by atoms with Crippen molar-refractivity contribution in [3.8, 4) is 11.5 Å². The number of piperazine rings is 2. The van der Waals surface area contributed by atoms with Crippen LogP contribution in [0.3, 0.4) is 0 Å². The standard InChI is InChI=1S/C46H66N6O10/c1-29(2)49-19-21-51-35(27-49)43(55)47-25-41-37(53)15-13-31(61-41)18-24-60-40-12-8-6-10-34(40)46(58)52-22-20-50(30(3)4)28-36(52)44(56)48-26-42-38(54)16-14-32(62-42)17-23-59-39-11-7-5-9-33(39)45(51)57/h5-12,29-32,35-38,41-42,53-54H,13-28H2,1-4H3,(H,47,55)(H,48,56)/t31-,32-,35-,36-,37-,38-,41+,42+/m0/s1. The third kappa shape index (κ3) is 10.9. The second-order valence-electron chi connectivity index (χ2n) is 17.8. The molecule has 5 aliphatic rings. The van der Waals surface area contributed by atoms with Crippen LogP contribution in [-0.4, -0.2) is 180 Å². The predicted octanol–water partition coefficient (Wildman–Crippen LogP) is 2.06. The normalized spacial score (nSPS) is 30.6. The minimum Gasteiger partial charge on any atom is -0.493 e. The molecular weight excluding hydrogens is 797 g/mol. The van der Waals surface area contributed by atoms with Gasteiger partial charge < -0.3 is 49.6 Å². The Morgan fingerprint density at radius 3 is 1.37 bits per heavy atom. The fourth-order valence-corrected chi connectivity index (χ4v) is 9.26. The van der Waals surface area contributed by atoms with Gasteiger partial charge >= 0.3 is 0 Å². The quantitative estimate of drug-likeness (QED) is 0.346. The van der Waals surface area contributed by atoms with Gasteiger partial charge in [0.05, 0.1) is 48.8 Å². The molecule has 7 rings (SSSR count). The fraction of sp³-hybridized carbons (Fsp3) is 0.652. The molecule has 0 aromatic heterocycles. The summed E-state index contributed by atoms with van der Waals surface area (Å²) in [5.74, 6) is -0.477. The summed E-state index contributed by atoms with van der Waals surface area (Å²) in [4.78, 5) is 64.4. The lowest BCUT2D eigenvalue weighted by molar-refractivity contribution is -0.135. The molecule has 0 aliphatic carbocycles. The molecule has 4 saturated heterocycles. The van der Waals surface area contributed by atoms with Crippen molar-refractivity contribution in [2.24, 2.45) is 0 Å². The van der Waals surface area contributed by atoms with Gasteiger partial charge in [-0.2, -0.15) is 0 Å². The third-order valence-corrected chi connectivity index (χ3v) is 13.2. The Labute approximate surface area is 365 Å². The summed E-state index contributed by atoms with van der Waals surface area (Å²) in [5, 5.41) is 28.0. The van der Waals surface area contributed by atoms with E-state index in [0.717, 1.165) is 0 Å². The molecular formula is C46H66N6O10. The van der Waals surface area contributed by atoms with Crippen molar-refractivity contribution < 1.29 is 48.3 Å². The van der Waals surface area contributed by atoms with Crippen LogP contribution in [0.15, 0.2) is 48.5 Å². The Bertz CT molecular complexity index is 1730. The van der Waals surface area contributed by atoms with Gasteiger partial charge in [0.2, 0.25) is 11.8 Å². The van der Waals surface area contributed by atoms with E-state index in [1.807, 2.05) is 0 Å². The number of hydrogen-bond donors (Lipinski definition) is 4. The highest BCUT2D eigenvalue weighted by Gasteiger charge is 2.41. The van der Waals surface area contributed by atoms with Crippen LogP contribution in [-0.2, 0) is 19.1 Å². The van der Waals surface area contributed by atoms with Crippen molar-refractivity contribution in [3.05, 3.63) is 59.7 Å². The molecule has 0 saturated carbocycles. The number of amides is 4. The van der Waals surface area contributed by atoms with E-state index in [2.05, 4.69) is 48.1 Å². The van der Waals surface area contributed by atoms with E-state index in [0.29, 0.717) is 100 Å². The fourth-order valence-electron chi connectivity index (χ4n) is 9.26. The molecule has 4 amide bonds. The second-order valence-corrected chi connectivity index (χ2v) is 17.8. The van der Waals surface area contributed by atoms with E-state index < -0.39 is 36.5 Å². The highest BCUT2D eigenvalue weighted by atomic mass is 16.5. The van der Waals surface area contributed by atoms with Crippen molar-refractivity contribution in [2.75, 3.05) is 65.6 Å². The van der Waals surface area contributed by atoms with Crippen LogP contribution in [0.25, 0.3) is 0 Å². The average Bonchev–Trinajstić information content (AvgIpc) is 3.28. The van der Waals surface area contributed by atoms with Gasteiger partial charge in [0.25, 0.3) is 11.8 Å². The first-order valence-electron chi connectivity index (χ1n) is 22.6. The van der Waals surface area contributed by atoms with Crippen LogP contribution in [0.5, 0.6) is 11.5 Å². The van der Waals surface area contributed by atoms with Gasteiger partial charge in [0.15, 0.2) is 0 Å². The maximum Gasteiger partial charge on any atom is 0.258 e. The smallest absolute Gasteiger partial charge is 0.258 e. The molecule has 0 unspecified atom stereocenters. The first kappa shape index (κ1) is 45.7. The van der Waals surface area contributed by atoms with E-state index in [4.69, 9.17) is 18.9 Å². The van der Waals surface area contributed by atoms with E-state index in [1.165, 1.54) is 0 Å². The van der Waals surface area contributed by atoms with Crippen molar-refractivity contribution in [1.82, 2.24) is 30.2 Å².